The smallest absolute Gasteiger partial charge is 0.0545 e. The van der Waals surface area contributed by atoms with E-state index in [2.05, 4.69) is 34.6 Å². The van der Waals surface area contributed by atoms with Crippen LogP contribution in [0.2, 0.25) is 0 Å². The molecule has 0 radical (unpaired) electrons. The molecule has 1 nitrogen and oxygen atoms in total. The lowest BCUT2D eigenvalue weighted by Crippen LogP contribution is -2.54. The van der Waals surface area contributed by atoms with Crippen LogP contribution in [0.1, 0.15) is 112 Å². The predicted molar refractivity (Wildman–Crippen MR) is 119 cm³/mol. The summed E-state index contributed by atoms with van der Waals surface area (Å²) in [5, 5.41) is 10.5. The Bertz CT molecular complexity index is 540. The molecule has 1 N–H and O–H groups in total. The molecule has 4 fully saturated rings. The first-order valence-electron chi connectivity index (χ1n) is 12.9. The van der Waals surface area contributed by atoms with E-state index in [4.69, 9.17) is 0 Å². The maximum Gasteiger partial charge on any atom is 0.0545 e. The van der Waals surface area contributed by atoms with Crippen molar-refractivity contribution >= 4 is 0 Å². The molecule has 4 rings (SSSR count). The van der Waals surface area contributed by atoms with Crippen LogP contribution in [0.4, 0.5) is 0 Å². The van der Waals surface area contributed by atoms with Crippen molar-refractivity contribution in [3.05, 3.63) is 0 Å². The number of aliphatic hydroxyl groups is 1. The molecule has 28 heavy (non-hydrogen) atoms. The van der Waals surface area contributed by atoms with Gasteiger partial charge in [-0.05, 0) is 110 Å². The van der Waals surface area contributed by atoms with Gasteiger partial charge in [0.2, 0.25) is 0 Å². The molecular weight excluding hydrogens is 340 g/mol. The van der Waals surface area contributed by atoms with Gasteiger partial charge in [0.25, 0.3) is 0 Å². The summed E-state index contributed by atoms with van der Waals surface area (Å²) in [4.78, 5) is 0. The Hall–Kier alpha value is -0.0400. The maximum absolute atomic E-state index is 10.5. The van der Waals surface area contributed by atoms with Crippen LogP contribution in [0.15, 0.2) is 0 Å². The highest BCUT2D eigenvalue weighted by atomic mass is 16.3. The van der Waals surface area contributed by atoms with Crippen molar-refractivity contribution in [2.75, 3.05) is 0 Å². The molecule has 0 unspecified atom stereocenters. The lowest BCUT2D eigenvalue weighted by molar-refractivity contribution is -0.132. The Balaban J connectivity index is 1.47. The molecule has 0 heterocycles. The minimum absolute atomic E-state index is 0.0226. The van der Waals surface area contributed by atoms with E-state index in [0.717, 1.165) is 54.3 Å². The second kappa shape index (κ2) is 7.90. The highest BCUT2D eigenvalue weighted by Crippen LogP contribution is 2.68. The van der Waals surface area contributed by atoms with Crippen LogP contribution in [0.3, 0.4) is 0 Å². The van der Waals surface area contributed by atoms with E-state index in [1.165, 1.54) is 64.2 Å². The van der Waals surface area contributed by atoms with Crippen molar-refractivity contribution < 1.29 is 5.11 Å². The summed E-state index contributed by atoms with van der Waals surface area (Å²) in [5.41, 5.74) is 1.04. The average molecular weight is 389 g/mol. The van der Waals surface area contributed by atoms with Crippen molar-refractivity contribution in [3.8, 4) is 0 Å². The van der Waals surface area contributed by atoms with Crippen LogP contribution in [0, 0.1) is 52.3 Å². The summed E-state index contributed by atoms with van der Waals surface area (Å²) >= 11 is 0. The number of fused-ring (bicyclic) bond motifs is 5. The van der Waals surface area contributed by atoms with Gasteiger partial charge in [-0.15, -0.1) is 0 Å². The third-order valence-electron chi connectivity index (χ3n) is 10.8. The molecule has 162 valence electrons. The fraction of sp³-hybridized carbons (Fsp3) is 1.00. The molecule has 0 aromatic carbocycles. The molecule has 4 aliphatic rings. The molecular formula is C27H48O. The number of hydrogen-bond donors (Lipinski definition) is 1. The highest BCUT2D eigenvalue weighted by molar-refractivity contribution is 5.09. The number of hydrogen-bond acceptors (Lipinski definition) is 1. The molecule has 0 aliphatic heterocycles. The van der Waals surface area contributed by atoms with Crippen molar-refractivity contribution in [2.24, 2.45) is 52.3 Å². The normalized spacial score (nSPS) is 49.4. The Morgan fingerprint density at radius 2 is 1.54 bits per heavy atom. The van der Waals surface area contributed by atoms with Crippen molar-refractivity contribution in [3.63, 3.8) is 0 Å². The van der Waals surface area contributed by atoms with Gasteiger partial charge in [-0.3, -0.25) is 0 Å². The van der Waals surface area contributed by atoms with Gasteiger partial charge in [0.1, 0.15) is 0 Å². The minimum atomic E-state index is -0.0226. The lowest BCUT2D eigenvalue weighted by Gasteiger charge is -2.61. The molecule has 0 saturated heterocycles. The minimum Gasteiger partial charge on any atom is -0.393 e. The first-order valence-corrected chi connectivity index (χ1v) is 12.9. The summed E-state index contributed by atoms with van der Waals surface area (Å²) in [6.45, 7) is 12.6. The quantitative estimate of drug-likeness (QED) is 0.518. The van der Waals surface area contributed by atoms with Gasteiger partial charge in [0, 0.05) is 0 Å². The lowest BCUT2D eigenvalue weighted by atomic mass is 9.44. The third kappa shape index (κ3) is 3.50. The predicted octanol–water partition coefficient (Wildman–Crippen LogP) is 7.47. The maximum atomic E-state index is 10.5. The zero-order valence-corrected chi connectivity index (χ0v) is 19.6. The van der Waals surface area contributed by atoms with Crippen LogP contribution in [0.5, 0.6) is 0 Å². The molecule has 0 spiro atoms. The van der Waals surface area contributed by atoms with Gasteiger partial charge >= 0.3 is 0 Å². The molecule has 4 saturated carbocycles. The Morgan fingerprint density at radius 3 is 2.29 bits per heavy atom. The van der Waals surface area contributed by atoms with Crippen molar-refractivity contribution in [1.29, 1.82) is 0 Å². The van der Waals surface area contributed by atoms with Gasteiger partial charge in [-0.25, -0.2) is 0 Å². The van der Waals surface area contributed by atoms with E-state index in [-0.39, 0.29) is 6.10 Å². The van der Waals surface area contributed by atoms with Gasteiger partial charge in [0.05, 0.1) is 6.10 Å². The van der Waals surface area contributed by atoms with Crippen molar-refractivity contribution in [2.45, 2.75) is 118 Å². The van der Waals surface area contributed by atoms with Crippen LogP contribution >= 0.6 is 0 Å². The van der Waals surface area contributed by atoms with Crippen LogP contribution < -0.4 is 0 Å². The fourth-order valence-electron chi connectivity index (χ4n) is 9.35. The van der Waals surface area contributed by atoms with Gasteiger partial charge in [-0.1, -0.05) is 53.9 Å². The fourth-order valence-corrected chi connectivity index (χ4v) is 9.35. The molecule has 0 bridgehead atoms. The zero-order chi connectivity index (χ0) is 20.1. The first kappa shape index (κ1) is 21.2. The second-order valence-corrected chi connectivity index (χ2v) is 12.6. The Kier molecular flexibility index (Phi) is 5.98. The largest absolute Gasteiger partial charge is 0.393 e. The summed E-state index contributed by atoms with van der Waals surface area (Å²) in [7, 11) is 0. The second-order valence-electron chi connectivity index (χ2n) is 12.6. The van der Waals surface area contributed by atoms with Crippen LogP contribution in [0.25, 0.3) is 0 Å². The average Bonchev–Trinajstić information content (AvgIpc) is 2.98. The molecule has 9 atom stereocenters. The molecule has 0 amide bonds. The zero-order valence-electron chi connectivity index (χ0n) is 19.6. The topological polar surface area (TPSA) is 20.2 Å². The van der Waals surface area contributed by atoms with E-state index in [0.29, 0.717) is 10.8 Å². The summed E-state index contributed by atoms with van der Waals surface area (Å²) in [6, 6.07) is 0. The van der Waals surface area contributed by atoms with Crippen molar-refractivity contribution in [1.82, 2.24) is 0 Å². The molecule has 0 aromatic rings. The molecule has 0 aromatic heterocycles. The number of rotatable bonds is 5. The van der Waals surface area contributed by atoms with Gasteiger partial charge in [-0.2, -0.15) is 0 Å². The highest BCUT2D eigenvalue weighted by Gasteiger charge is 2.60. The van der Waals surface area contributed by atoms with E-state index in [9.17, 15) is 5.11 Å². The SMILES string of the molecule is CC(C)CCC[C@@H](C)[C@@H]1CC[C@@H]2[C@@H]3CC[C@H]4CC[C@H](O)C[C@]4(C)[C@@H]3CC[C@]21C. The third-order valence-corrected chi connectivity index (χ3v) is 10.8. The summed E-state index contributed by atoms with van der Waals surface area (Å²) in [6.07, 6.45) is 16.6. The van der Waals surface area contributed by atoms with Crippen LogP contribution in [-0.2, 0) is 0 Å². The summed E-state index contributed by atoms with van der Waals surface area (Å²) < 4.78 is 0. The molecule has 1 heteroatoms. The van der Waals surface area contributed by atoms with Gasteiger partial charge < -0.3 is 5.11 Å². The summed E-state index contributed by atoms with van der Waals surface area (Å²) in [5.74, 6) is 6.46. The Morgan fingerprint density at radius 1 is 0.821 bits per heavy atom. The monoisotopic (exact) mass is 388 g/mol. The van der Waals surface area contributed by atoms with E-state index in [1.54, 1.807) is 0 Å². The van der Waals surface area contributed by atoms with E-state index >= 15 is 0 Å². The Labute approximate surface area is 175 Å². The molecule has 4 aliphatic carbocycles. The number of aliphatic hydroxyl groups excluding tert-OH is 1. The van der Waals surface area contributed by atoms with Gasteiger partial charge in [0.15, 0.2) is 0 Å². The standard InChI is InChI=1S/C27H48O/c1-18(2)7-6-8-19(3)23-13-14-24-22-12-10-20-9-11-21(28)17-27(20,5)25(22)15-16-26(23,24)4/h18-25,28H,6-17H2,1-5H3/t19-,20-,21+,22+,23+,24-,25-,26+,27+/m1/s1. The van der Waals surface area contributed by atoms with E-state index < -0.39 is 0 Å². The van der Waals surface area contributed by atoms with E-state index in [1.807, 2.05) is 0 Å². The van der Waals surface area contributed by atoms with Crippen LogP contribution in [-0.4, -0.2) is 11.2 Å². The first-order chi connectivity index (χ1) is 13.3.